The molecular formula is C24H34O6. The highest BCUT2D eigenvalue weighted by Crippen LogP contribution is 2.29. The maximum absolute atomic E-state index is 12.7. The molecule has 0 N–H and O–H groups in total. The van der Waals surface area contributed by atoms with E-state index in [9.17, 15) is 9.59 Å². The standard InChI is InChI=1S/C24H34O6/c1-3-7-19-12-20(27-2)10-18(25)11-22-13-21(14-23(29-22)15-24(26)30-19)28-16-17-8-5-4-6-9-17/h4-6,8-9,19-23H,3,7,10-16H2,1-2H3/t19-,20-,21+,22+,23+/m0/s1. The van der Waals surface area contributed by atoms with Gasteiger partial charge in [0.15, 0.2) is 0 Å². The number of carbonyl (C=O) groups is 2. The first-order valence-corrected chi connectivity index (χ1v) is 11.1. The van der Waals surface area contributed by atoms with E-state index >= 15 is 0 Å². The fraction of sp³-hybridized carbons (Fsp3) is 0.667. The molecule has 2 saturated heterocycles. The Hall–Kier alpha value is -1.76. The van der Waals surface area contributed by atoms with Crippen molar-refractivity contribution in [1.29, 1.82) is 0 Å². The number of carbonyl (C=O) groups excluding carboxylic acids is 2. The van der Waals surface area contributed by atoms with Crippen LogP contribution in [0.4, 0.5) is 0 Å². The average Bonchev–Trinajstić information content (AvgIpc) is 2.71. The van der Waals surface area contributed by atoms with Gasteiger partial charge in [-0.2, -0.15) is 0 Å². The molecule has 0 amide bonds. The van der Waals surface area contributed by atoms with Crippen LogP contribution in [0.2, 0.25) is 0 Å². The molecule has 0 unspecified atom stereocenters. The van der Waals surface area contributed by atoms with Crippen LogP contribution in [0, 0.1) is 0 Å². The minimum absolute atomic E-state index is 0.0536. The van der Waals surface area contributed by atoms with Crippen LogP contribution in [0.3, 0.4) is 0 Å². The zero-order valence-electron chi connectivity index (χ0n) is 18.1. The van der Waals surface area contributed by atoms with Gasteiger partial charge in [0.2, 0.25) is 0 Å². The second kappa shape index (κ2) is 11.6. The van der Waals surface area contributed by atoms with Crippen molar-refractivity contribution in [3.63, 3.8) is 0 Å². The molecule has 2 aliphatic rings. The summed E-state index contributed by atoms with van der Waals surface area (Å²) in [6.45, 7) is 2.56. The molecule has 5 atom stereocenters. The summed E-state index contributed by atoms with van der Waals surface area (Å²) in [6.07, 6.45) is 3.27. The Morgan fingerprint density at radius 1 is 0.967 bits per heavy atom. The molecule has 2 heterocycles. The van der Waals surface area contributed by atoms with Gasteiger partial charge >= 0.3 is 5.97 Å². The van der Waals surface area contributed by atoms with Gasteiger partial charge in [0.25, 0.3) is 0 Å². The third-order valence-electron chi connectivity index (χ3n) is 5.84. The zero-order valence-corrected chi connectivity index (χ0v) is 18.1. The highest BCUT2D eigenvalue weighted by molar-refractivity contribution is 5.79. The minimum Gasteiger partial charge on any atom is -0.462 e. The van der Waals surface area contributed by atoms with E-state index < -0.39 is 0 Å². The summed E-state index contributed by atoms with van der Waals surface area (Å²) in [5.41, 5.74) is 1.10. The molecule has 0 aliphatic carbocycles. The zero-order chi connectivity index (χ0) is 21.3. The Morgan fingerprint density at radius 2 is 1.70 bits per heavy atom. The highest BCUT2D eigenvalue weighted by Gasteiger charge is 2.34. The van der Waals surface area contributed by atoms with Gasteiger partial charge in [-0.25, -0.2) is 0 Å². The lowest BCUT2D eigenvalue weighted by Crippen LogP contribution is -2.40. The summed E-state index contributed by atoms with van der Waals surface area (Å²) in [5.74, 6) is -0.126. The van der Waals surface area contributed by atoms with Crippen molar-refractivity contribution in [2.75, 3.05) is 7.11 Å². The summed E-state index contributed by atoms with van der Waals surface area (Å²) >= 11 is 0. The predicted molar refractivity (Wildman–Crippen MR) is 112 cm³/mol. The number of hydrogen-bond acceptors (Lipinski definition) is 6. The molecule has 1 aromatic carbocycles. The van der Waals surface area contributed by atoms with Crippen LogP contribution in [0.5, 0.6) is 0 Å². The lowest BCUT2D eigenvalue weighted by Gasteiger charge is -2.36. The van der Waals surface area contributed by atoms with Crippen molar-refractivity contribution in [3.8, 4) is 0 Å². The number of Topliss-reactive ketones (excluding diaryl/α,β-unsaturated/α-hetero) is 1. The van der Waals surface area contributed by atoms with E-state index in [1.165, 1.54) is 0 Å². The van der Waals surface area contributed by atoms with E-state index in [4.69, 9.17) is 18.9 Å². The Labute approximate surface area is 179 Å². The van der Waals surface area contributed by atoms with Gasteiger partial charge in [-0.1, -0.05) is 43.7 Å². The van der Waals surface area contributed by atoms with Crippen molar-refractivity contribution in [3.05, 3.63) is 35.9 Å². The summed E-state index contributed by atoms with van der Waals surface area (Å²) < 4.78 is 23.5. The molecule has 2 fully saturated rings. The van der Waals surface area contributed by atoms with Gasteiger partial charge < -0.3 is 18.9 Å². The number of ketones is 1. The van der Waals surface area contributed by atoms with Gasteiger partial charge in [0.05, 0.1) is 37.4 Å². The second-order valence-electron chi connectivity index (χ2n) is 8.42. The van der Waals surface area contributed by atoms with Crippen molar-refractivity contribution >= 4 is 11.8 Å². The number of methoxy groups -OCH3 is 1. The molecule has 1 aromatic rings. The fourth-order valence-corrected chi connectivity index (χ4v) is 4.37. The van der Waals surface area contributed by atoms with Gasteiger partial charge in [-0.3, -0.25) is 9.59 Å². The number of fused-ring (bicyclic) bond motifs is 2. The highest BCUT2D eigenvalue weighted by atomic mass is 16.6. The molecule has 0 radical (unpaired) electrons. The Bertz CT molecular complexity index is 676. The van der Waals surface area contributed by atoms with Crippen molar-refractivity contribution in [1.82, 2.24) is 0 Å². The molecule has 0 spiro atoms. The first kappa shape index (κ1) is 22.9. The smallest absolute Gasteiger partial charge is 0.308 e. The molecule has 0 aromatic heterocycles. The first-order chi connectivity index (χ1) is 14.6. The third-order valence-corrected chi connectivity index (χ3v) is 5.84. The van der Waals surface area contributed by atoms with Gasteiger partial charge in [0, 0.05) is 39.2 Å². The number of hydrogen-bond donors (Lipinski definition) is 0. The second-order valence-corrected chi connectivity index (χ2v) is 8.42. The molecule has 166 valence electrons. The third kappa shape index (κ3) is 7.18. The normalized spacial score (nSPS) is 30.8. The monoisotopic (exact) mass is 418 g/mol. The van der Waals surface area contributed by atoms with Crippen LogP contribution in [0.1, 0.15) is 63.9 Å². The van der Waals surface area contributed by atoms with Crippen LogP contribution >= 0.6 is 0 Å². The molecule has 6 heteroatoms. The summed E-state index contributed by atoms with van der Waals surface area (Å²) in [7, 11) is 1.61. The van der Waals surface area contributed by atoms with Crippen LogP contribution in [0.15, 0.2) is 30.3 Å². The number of ether oxygens (including phenoxy) is 4. The molecule has 2 bridgehead atoms. The molecule has 6 nitrogen and oxygen atoms in total. The first-order valence-electron chi connectivity index (χ1n) is 11.1. The van der Waals surface area contributed by atoms with Crippen LogP contribution < -0.4 is 0 Å². The summed E-state index contributed by atoms with van der Waals surface area (Å²) in [6, 6.07) is 10.0. The number of rotatable bonds is 6. The predicted octanol–water partition coefficient (Wildman–Crippen LogP) is 3.99. The van der Waals surface area contributed by atoms with Gasteiger partial charge in [0.1, 0.15) is 11.9 Å². The lowest BCUT2D eigenvalue weighted by molar-refractivity contribution is -0.164. The fourth-order valence-electron chi connectivity index (χ4n) is 4.37. The largest absolute Gasteiger partial charge is 0.462 e. The molecular weight excluding hydrogens is 384 g/mol. The van der Waals surface area contributed by atoms with Gasteiger partial charge in [-0.15, -0.1) is 0 Å². The lowest BCUT2D eigenvalue weighted by atomic mass is 9.93. The van der Waals surface area contributed by atoms with Crippen LogP contribution in [0.25, 0.3) is 0 Å². The number of benzene rings is 1. The Kier molecular flexibility index (Phi) is 8.85. The van der Waals surface area contributed by atoms with E-state index in [1.807, 2.05) is 30.3 Å². The maximum Gasteiger partial charge on any atom is 0.308 e. The van der Waals surface area contributed by atoms with Gasteiger partial charge in [-0.05, 0) is 12.0 Å². The quantitative estimate of drug-likeness (QED) is 0.651. The van der Waals surface area contributed by atoms with E-state index in [0.29, 0.717) is 38.7 Å². The Balaban J connectivity index is 1.67. The van der Waals surface area contributed by atoms with E-state index in [2.05, 4.69) is 6.92 Å². The topological polar surface area (TPSA) is 71.1 Å². The summed E-state index contributed by atoms with van der Waals surface area (Å²) in [4.78, 5) is 25.3. The molecule has 2 aliphatic heterocycles. The molecule has 3 rings (SSSR count). The number of cyclic esters (lactones) is 1. The Morgan fingerprint density at radius 3 is 2.40 bits per heavy atom. The van der Waals surface area contributed by atoms with Crippen molar-refractivity contribution in [2.24, 2.45) is 0 Å². The van der Waals surface area contributed by atoms with E-state index in [0.717, 1.165) is 18.4 Å². The molecule has 0 saturated carbocycles. The van der Waals surface area contributed by atoms with Crippen LogP contribution in [-0.4, -0.2) is 49.4 Å². The maximum atomic E-state index is 12.7. The molecule has 30 heavy (non-hydrogen) atoms. The van der Waals surface area contributed by atoms with Crippen molar-refractivity contribution in [2.45, 2.75) is 95.4 Å². The van der Waals surface area contributed by atoms with Crippen LogP contribution in [-0.2, 0) is 35.1 Å². The van der Waals surface area contributed by atoms with E-state index in [1.54, 1.807) is 7.11 Å². The SMILES string of the molecule is CCC[C@H]1C[C@@H](OC)CC(=O)C[C@@H]2C[C@@H](OCc3ccccc3)C[C@H](CC(=O)O1)O2. The minimum atomic E-state index is -0.287. The number of esters is 1. The van der Waals surface area contributed by atoms with Crippen molar-refractivity contribution < 1.29 is 28.5 Å². The summed E-state index contributed by atoms with van der Waals surface area (Å²) in [5, 5.41) is 0. The average molecular weight is 419 g/mol. The van der Waals surface area contributed by atoms with E-state index in [-0.39, 0.29) is 48.7 Å².